The Hall–Kier alpha value is -3.44. The number of fused-ring (bicyclic) bond motifs is 2. The molecule has 0 saturated carbocycles. The van der Waals surface area contributed by atoms with Crippen molar-refractivity contribution in [2.24, 2.45) is 0 Å². The number of para-hydroxylation sites is 2. The van der Waals surface area contributed by atoms with E-state index in [1.54, 1.807) is 0 Å². The summed E-state index contributed by atoms with van der Waals surface area (Å²) >= 11 is 0. The molecule has 0 aliphatic carbocycles. The molecule has 1 aliphatic heterocycles. The van der Waals surface area contributed by atoms with Crippen molar-refractivity contribution in [3.63, 3.8) is 0 Å². The van der Waals surface area contributed by atoms with Crippen LogP contribution in [0, 0.1) is 0 Å². The van der Waals surface area contributed by atoms with Crippen molar-refractivity contribution < 1.29 is 4.79 Å². The lowest BCUT2D eigenvalue weighted by atomic mass is 10.1. The number of hydrogen-bond acceptors (Lipinski definition) is 3. The number of nitrogens with one attached hydrogen (secondary N) is 1. The Morgan fingerprint density at radius 1 is 0.812 bits per heavy atom. The van der Waals surface area contributed by atoms with Crippen LogP contribution in [0.4, 0.5) is 0 Å². The van der Waals surface area contributed by atoms with Gasteiger partial charge in [0.2, 0.25) is 5.91 Å². The van der Waals surface area contributed by atoms with Crippen molar-refractivity contribution in [3.8, 4) is 0 Å². The summed E-state index contributed by atoms with van der Waals surface area (Å²) in [5.41, 5.74) is 2.80. The van der Waals surface area contributed by atoms with Gasteiger partial charge >= 0.3 is 0 Å². The molecule has 1 saturated heterocycles. The van der Waals surface area contributed by atoms with Crippen molar-refractivity contribution in [2.75, 3.05) is 19.6 Å². The van der Waals surface area contributed by atoms with E-state index in [0.717, 1.165) is 24.1 Å². The molecule has 0 radical (unpaired) electrons. The number of amides is 1. The summed E-state index contributed by atoms with van der Waals surface area (Å²) in [6.45, 7) is 2.86. The van der Waals surface area contributed by atoms with Crippen LogP contribution in [0.3, 0.4) is 0 Å². The molecule has 4 aromatic rings. The molecule has 1 N–H and O–H groups in total. The molecule has 1 amide bonds. The molecule has 1 unspecified atom stereocenters. The highest BCUT2D eigenvalue weighted by Gasteiger charge is 2.24. The number of nitrogens with zero attached hydrogens (tertiary/aromatic N) is 2. The SMILES string of the molecule is O=C(Cn1c2ccccc2c(=O)c2ccccc21)NCC(c1ccccc1)N1CCCC1. The van der Waals surface area contributed by atoms with Crippen LogP contribution in [0.5, 0.6) is 0 Å². The molecule has 0 spiro atoms. The Labute approximate surface area is 187 Å². The molecular weight excluding hydrogens is 398 g/mol. The Balaban J connectivity index is 1.42. The van der Waals surface area contributed by atoms with Gasteiger partial charge in [-0.05, 0) is 55.8 Å². The predicted molar refractivity (Wildman–Crippen MR) is 129 cm³/mol. The Morgan fingerprint density at radius 3 is 2.00 bits per heavy atom. The third-order valence-electron chi connectivity index (χ3n) is 6.44. The number of aromatic nitrogens is 1. The first-order valence-electron chi connectivity index (χ1n) is 11.3. The molecule has 5 nitrogen and oxygen atoms in total. The van der Waals surface area contributed by atoms with Crippen LogP contribution >= 0.6 is 0 Å². The van der Waals surface area contributed by atoms with Gasteiger partial charge in [0.25, 0.3) is 0 Å². The van der Waals surface area contributed by atoms with Crippen LogP contribution < -0.4 is 10.7 Å². The zero-order chi connectivity index (χ0) is 21.9. The molecule has 1 aliphatic rings. The van der Waals surface area contributed by atoms with Gasteiger partial charge in [0.05, 0.1) is 17.1 Å². The van der Waals surface area contributed by atoms with Crippen molar-refractivity contribution in [1.29, 1.82) is 0 Å². The van der Waals surface area contributed by atoms with Crippen molar-refractivity contribution in [1.82, 2.24) is 14.8 Å². The second-order valence-corrected chi connectivity index (χ2v) is 8.42. The van der Waals surface area contributed by atoms with Crippen LogP contribution in [-0.2, 0) is 11.3 Å². The lowest BCUT2D eigenvalue weighted by molar-refractivity contribution is -0.121. The summed E-state index contributed by atoms with van der Waals surface area (Å²) in [6.07, 6.45) is 2.40. The van der Waals surface area contributed by atoms with E-state index in [9.17, 15) is 9.59 Å². The van der Waals surface area contributed by atoms with Gasteiger partial charge in [0.15, 0.2) is 5.43 Å². The summed E-state index contributed by atoms with van der Waals surface area (Å²) in [5.74, 6) is -0.0518. The number of hydrogen-bond donors (Lipinski definition) is 1. The number of benzene rings is 3. The fraction of sp³-hybridized carbons (Fsp3) is 0.259. The van der Waals surface area contributed by atoms with Crippen molar-refractivity contribution in [2.45, 2.75) is 25.4 Å². The van der Waals surface area contributed by atoms with Crippen LogP contribution in [0.15, 0.2) is 83.7 Å². The highest BCUT2D eigenvalue weighted by Crippen LogP contribution is 2.24. The maximum atomic E-state index is 13.1. The van der Waals surface area contributed by atoms with E-state index in [0.29, 0.717) is 17.3 Å². The van der Waals surface area contributed by atoms with Gasteiger partial charge in [-0.3, -0.25) is 14.5 Å². The second kappa shape index (κ2) is 8.97. The van der Waals surface area contributed by atoms with E-state index >= 15 is 0 Å². The zero-order valence-corrected chi connectivity index (χ0v) is 18.0. The summed E-state index contributed by atoms with van der Waals surface area (Å²) in [6, 6.07) is 25.6. The minimum Gasteiger partial charge on any atom is -0.353 e. The van der Waals surface area contributed by atoms with Gasteiger partial charge in [-0.2, -0.15) is 0 Å². The van der Waals surface area contributed by atoms with E-state index in [1.807, 2.05) is 59.2 Å². The van der Waals surface area contributed by atoms with E-state index in [2.05, 4.69) is 34.5 Å². The number of carbonyl (C=O) groups is 1. The summed E-state index contributed by atoms with van der Waals surface area (Å²) < 4.78 is 1.95. The van der Waals surface area contributed by atoms with Crippen molar-refractivity contribution >= 4 is 27.7 Å². The van der Waals surface area contributed by atoms with Crippen LogP contribution in [0.2, 0.25) is 0 Å². The highest BCUT2D eigenvalue weighted by atomic mass is 16.2. The maximum absolute atomic E-state index is 13.1. The van der Waals surface area contributed by atoms with Gasteiger partial charge in [-0.25, -0.2) is 0 Å². The quantitative estimate of drug-likeness (QED) is 0.473. The van der Waals surface area contributed by atoms with Crippen LogP contribution in [-0.4, -0.2) is 35.0 Å². The molecule has 2 heterocycles. The smallest absolute Gasteiger partial charge is 0.240 e. The van der Waals surface area contributed by atoms with Crippen LogP contribution in [0.1, 0.15) is 24.4 Å². The fourth-order valence-corrected chi connectivity index (χ4v) is 4.84. The average Bonchev–Trinajstić information content (AvgIpc) is 3.37. The van der Waals surface area contributed by atoms with Crippen LogP contribution in [0.25, 0.3) is 21.8 Å². The number of carbonyl (C=O) groups excluding carboxylic acids is 1. The lowest BCUT2D eigenvalue weighted by Crippen LogP contribution is -2.38. The first-order valence-corrected chi connectivity index (χ1v) is 11.3. The third kappa shape index (κ3) is 3.92. The molecule has 1 aromatic heterocycles. The van der Waals surface area contributed by atoms with Gasteiger partial charge in [-0.1, -0.05) is 54.6 Å². The number of rotatable bonds is 6. The summed E-state index contributed by atoms with van der Waals surface area (Å²) in [4.78, 5) is 28.5. The minimum absolute atomic E-state index is 0.00559. The largest absolute Gasteiger partial charge is 0.353 e. The zero-order valence-electron chi connectivity index (χ0n) is 18.0. The Bertz CT molecular complexity index is 1250. The molecule has 32 heavy (non-hydrogen) atoms. The first-order chi connectivity index (χ1) is 15.7. The summed E-state index contributed by atoms with van der Waals surface area (Å²) in [5, 5.41) is 4.45. The first kappa shape index (κ1) is 20.5. The average molecular weight is 426 g/mol. The summed E-state index contributed by atoms with van der Waals surface area (Å²) in [7, 11) is 0. The number of likely N-dealkylation sites (tertiary alicyclic amines) is 1. The molecule has 1 atom stereocenters. The Kier molecular flexibility index (Phi) is 5.73. The van der Waals surface area contributed by atoms with Gasteiger partial charge in [0.1, 0.15) is 6.54 Å². The minimum atomic E-state index is -0.0518. The molecular formula is C27H27N3O2. The molecule has 162 valence electrons. The normalized spacial score (nSPS) is 15.2. The lowest BCUT2D eigenvalue weighted by Gasteiger charge is -2.28. The van der Waals surface area contributed by atoms with E-state index in [4.69, 9.17) is 0 Å². The fourth-order valence-electron chi connectivity index (χ4n) is 4.84. The standard InChI is InChI=1S/C27H27N3O2/c31-26(28-18-25(29-16-8-9-17-29)20-10-2-1-3-11-20)19-30-23-14-6-4-12-21(23)27(32)22-13-5-7-15-24(22)30/h1-7,10-15,25H,8-9,16-19H2,(H,28,31). The highest BCUT2D eigenvalue weighted by molar-refractivity contribution is 5.94. The monoisotopic (exact) mass is 425 g/mol. The molecule has 3 aromatic carbocycles. The predicted octanol–water partition coefficient (Wildman–Crippen LogP) is 4.11. The Morgan fingerprint density at radius 2 is 1.38 bits per heavy atom. The molecule has 5 rings (SSSR count). The molecule has 0 bridgehead atoms. The van der Waals surface area contributed by atoms with Gasteiger partial charge in [-0.15, -0.1) is 0 Å². The third-order valence-corrected chi connectivity index (χ3v) is 6.44. The second-order valence-electron chi connectivity index (χ2n) is 8.42. The molecule has 5 heteroatoms. The topological polar surface area (TPSA) is 54.3 Å². The maximum Gasteiger partial charge on any atom is 0.240 e. The van der Waals surface area contributed by atoms with E-state index < -0.39 is 0 Å². The number of pyridine rings is 1. The van der Waals surface area contributed by atoms with Gasteiger partial charge < -0.3 is 9.88 Å². The molecule has 1 fully saturated rings. The van der Waals surface area contributed by atoms with Crippen molar-refractivity contribution in [3.05, 3.63) is 94.6 Å². The van der Waals surface area contributed by atoms with E-state index in [-0.39, 0.29) is 23.9 Å². The van der Waals surface area contributed by atoms with Gasteiger partial charge in [0, 0.05) is 17.3 Å². The van der Waals surface area contributed by atoms with E-state index in [1.165, 1.54) is 18.4 Å².